The number of amides is 1. The van der Waals surface area contributed by atoms with E-state index in [1.165, 1.54) is 11.3 Å². The largest absolute Gasteiger partial charge is 0.462 e. The number of hydrogen-bond acceptors (Lipinski definition) is 5. The van der Waals surface area contributed by atoms with E-state index < -0.39 is 11.9 Å². The maximum absolute atomic E-state index is 13.0. The van der Waals surface area contributed by atoms with Crippen molar-refractivity contribution in [1.82, 2.24) is 4.98 Å². The van der Waals surface area contributed by atoms with Crippen LogP contribution in [0.5, 0.6) is 0 Å². The molecule has 4 rings (SSSR count). The molecule has 1 atom stereocenters. The van der Waals surface area contributed by atoms with Crippen LogP contribution in [0.15, 0.2) is 36.0 Å². The fourth-order valence-electron chi connectivity index (χ4n) is 3.95. The first kappa shape index (κ1) is 20.9. The number of carbonyl (C=O) groups excluding carboxylic acids is 2. The Labute approximate surface area is 184 Å². The highest BCUT2D eigenvalue weighted by molar-refractivity contribution is 7.17. The standard InChI is InChI=1S/C24H23N3O3S/c1-3-30-24(29)21-18-9-8-14(2)10-20(18)31-23(21)27-22(28)15(12-25)11-16-13-26-19-7-5-4-6-17(16)19/h4-7,11,13-14,26H,3,8-10H2,1-2H3,(H,27,28)/b15-11+/t14-/m1/s1. The van der Waals surface area contributed by atoms with Crippen LogP contribution in [0.4, 0.5) is 5.00 Å². The number of aromatic amines is 1. The van der Waals surface area contributed by atoms with Crippen LogP contribution >= 0.6 is 11.3 Å². The van der Waals surface area contributed by atoms with Gasteiger partial charge in [0.15, 0.2) is 0 Å². The minimum absolute atomic E-state index is 0.0284. The number of aromatic nitrogens is 1. The van der Waals surface area contributed by atoms with Crippen LogP contribution < -0.4 is 5.32 Å². The second kappa shape index (κ2) is 8.78. The van der Waals surface area contributed by atoms with Gasteiger partial charge in [-0.15, -0.1) is 11.3 Å². The first-order valence-corrected chi connectivity index (χ1v) is 11.1. The average molecular weight is 434 g/mol. The van der Waals surface area contributed by atoms with Gasteiger partial charge in [0.1, 0.15) is 16.6 Å². The third-order valence-corrected chi connectivity index (χ3v) is 6.67. The molecule has 0 saturated heterocycles. The number of nitrogens with zero attached hydrogens (tertiary/aromatic N) is 1. The molecule has 1 amide bonds. The van der Waals surface area contributed by atoms with Crippen molar-refractivity contribution in [3.05, 3.63) is 57.6 Å². The quantitative estimate of drug-likeness (QED) is 0.333. The van der Waals surface area contributed by atoms with Gasteiger partial charge in [0, 0.05) is 27.5 Å². The van der Waals surface area contributed by atoms with Crippen LogP contribution in [0, 0.1) is 17.2 Å². The zero-order chi connectivity index (χ0) is 22.0. The molecule has 0 bridgehead atoms. The number of hydrogen-bond donors (Lipinski definition) is 2. The predicted molar refractivity (Wildman–Crippen MR) is 122 cm³/mol. The number of nitriles is 1. The average Bonchev–Trinajstić information content (AvgIpc) is 3.32. The summed E-state index contributed by atoms with van der Waals surface area (Å²) in [4.78, 5) is 29.9. The minimum atomic E-state index is -0.537. The third kappa shape index (κ3) is 4.12. The molecule has 3 aromatic rings. The van der Waals surface area contributed by atoms with Crippen molar-refractivity contribution in [1.29, 1.82) is 5.26 Å². The molecular weight excluding hydrogens is 410 g/mol. The molecule has 2 N–H and O–H groups in total. The number of esters is 1. The molecule has 7 heteroatoms. The molecule has 1 aromatic carbocycles. The third-order valence-electron chi connectivity index (χ3n) is 5.50. The van der Waals surface area contributed by atoms with Gasteiger partial charge in [-0.2, -0.15) is 5.26 Å². The van der Waals surface area contributed by atoms with Crippen LogP contribution in [0.1, 0.15) is 46.6 Å². The molecule has 6 nitrogen and oxygen atoms in total. The number of fused-ring (bicyclic) bond motifs is 2. The summed E-state index contributed by atoms with van der Waals surface area (Å²) < 4.78 is 5.25. The van der Waals surface area contributed by atoms with Gasteiger partial charge >= 0.3 is 5.97 Å². The van der Waals surface area contributed by atoms with Crippen molar-refractivity contribution < 1.29 is 14.3 Å². The number of nitrogens with one attached hydrogen (secondary N) is 2. The molecule has 31 heavy (non-hydrogen) atoms. The highest BCUT2D eigenvalue weighted by atomic mass is 32.1. The molecule has 0 aliphatic heterocycles. The highest BCUT2D eigenvalue weighted by Crippen LogP contribution is 2.40. The van der Waals surface area contributed by atoms with Crippen molar-refractivity contribution in [2.75, 3.05) is 11.9 Å². The van der Waals surface area contributed by atoms with Gasteiger partial charge in [-0.3, -0.25) is 4.79 Å². The van der Waals surface area contributed by atoms with E-state index in [4.69, 9.17) is 4.74 Å². The summed E-state index contributed by atoms with van der Waals surface area (Å²) in [6, 6.07) is 9.67. The lowest BCUT2D eigenvalue weighted by molar-refractivity contribution is -0.112. The summed E-state index contributed by atoms with van der Waals surface area (Å²) >= 11 is 1.41. The smallest absolute Gasteiger partial charge is 0.341 e. The Morgan fingerprint density at radius 1 is 1.39 bits per heavy atom. The molecule has 2 aromatic heterocycles. The van der Waals surface area contributed by atoms with Gasteiger partial charge in [0.25, 0.3) is 5.91 Å². The summed E-state index contributed by atoms with van der Waals surface area (Å²) in [6.07, 6.45) is 5.98. The van der Waals surface area contributed by atoms with Crippen LogP contribution in [0.2, 0.25) is 0 Å². The van der Waals surface area contributed by atoms with E-state index in [2.05, 4.69) is 17.2 Å². The lowest BCUT2D eigenvalue weighted by Gasteiger charge is -2.18. The summed E-state index contributed by atoms with van der Waals surface area (Å²) in [6.45, 7) is 4.20. The second-order valence-corrected chi connectivity index (χ2v) is 8.80. The maximum Gasteiger partial charge on any atom is 0.341 e. The fourth-order valence-corrected chi connectivity index (χ4v) is 5.34. The summed E-state index contributed by atoms with van der Waals surface area (Å²) in [7, 11) is 0. The topological polar surface area (TPSA) is 95.0 Å². The van der Waals surface area contributed by atoms with Gasteiger partial charge in [-0.25, -0.2) is 4.79 Å². The van der Waals surface area contributed by atoms with E-state index in [-0.39, 0.29) is 12.2 Å². The number of ether oxygens (including phenoxy) is 1. The lowest BCUT2D eigenvalue weighted by atomic mass is 9.88. The summed E-state index contributed by atoms with van der Waals surface area (Å²) in [5.41, 5.74) is 3.06. The first-order chi connectivity index (χ1) is 15.0. The number of anilines is 1. The molecule has 158 valence electrons. The Morgan fingerprint density at radius 3 is 2.97 bits per heavy atom. The maximum atomic E-state index is 13.0. The van der Waals surface area contributed by atoms with Gasteiger partial charge < -0.3 is 15.0 Å². The summed E-state index contributed by atoms with van der Waals surface area (Å²) in [5, 5.41) is 13.8. The van der Waals surface area contributed by atoms with E-state index >= 15 is 0 Å². The lowest BCUT2D eigenvalue weighted by Crippen LogP contribution is -2.17. The molecule has 0 fully saturated rings. The number of para-hydroxylation sites is 1. The highest BCUT2D eigenvalue weighted by Gasteiger charge is 2.29. The minimum Gasteiger partial charge on any atom is -0.462 e. The van der Waals surface area contributed by atoms with Crippen molar-refractivity contribution >= 4 is 45.2 Å². The van der Waals surface area contributed by atoms with E-state index in [0.717, 1.165) is 46.2 Å². The summed E-state index contributed by atoms with van der Waals surface area (Å²) in [5.74, 6) is -0.435. The van der Waals surface area contributed by atoms with Crippen molar-refractivity contribution in [3.8, 4) is 6.07 Å². The zero-order valence-corrected chi connectivity index (χ0v) is 18.3. The number of benzene rings is 1. The number of H-pyrrole nitrogens is 1. The van der Waals surface area contributed by atoms with Gasteiger partial charge in [0.05, 0.1) is 12.2 Å². The predicted octanol–water partition coefficient (Wildman–Crippen LogP) is 5.08. The number of carbonyl (C=O) groups is 2. The Hall–Kier alpha value is -3.37. The van der Waals surface area contributed by atoms with E-state index in [0.29, 0.717) is 16.5 Å². The Balaban J connectivity index is 1.67. The first-order valence-electron chi connectivity index (χ1n) is 10.3. The molecular formula is C24H23N3O3S. The fraction of sp³-hybridized carbons (Fsp3) is 0.292. The van der Waals surface area contributed by atoms with Crippen molar-refractivity contribution in [2.45, 2.75) is 33.1 Å². The van der Waals surface area contributed by atoms with Crippen molar-refractivity contribution in [2.24, 2.45) is 5.92 Å². The van der Waals surface area contributed by atoms with E-state index in [1.807, 2.05) is 30.3 Å². The Bertz CT molecular complexity index is 1230. The number of rotatable bonds is 5. The monoisotopic (exact) mass is 433 g/mol. The van der Waals surface area contributed by atoms with Gasteiger partial charge in [-0.1, -0.05) is 25.1 Å². The van der Waals surface area contributed by atoms with Gasteiger partial charge in [0.2, 0.25) is 0 Å². The normalized spacial score (nSPS) is 15.9. The Kier molecular flexibility index (Phi) is 5.92. The van der Waals surface area contributed by atoms with E-state index in [9.17, 15) is 14.9 Å². The number of thiophene rings is 1. The molecule has 1 aliphatic carbocycles. The van der Waals surface area contributed by atoms with Crippen LogP contribution in [0.3, 0.4) is 0 Å². The molecule has 0 radical (unpaired) electrons. The van der Waals surface area contributed by atoms with E-state index in [1.54, 1.807) is 19.2 Å². The molecule has 0 saturated carbocycles. The Morgan fingerprint density at radius 2 is 2.19 bits per heavy atom. The molecule has 0 unspecified atom stereocenters. The molecule has 2 heterocycles. The van der Waals surface area contributed by atoms with Crippen molar-refractivity contribution in [3.63, 3.8) is 0 Å². The van der Waals surface area contributed by atoms with Gasteiger partial charge in [-0.05, 0) is 49.8 Å². The van der Waals surface area contributed by atoms with Crippen LogP contribution in [-0.2, 0) is 22.4 Å². The van der Waals surface area contributed by atoms with Crippen LogP contribution in [0.25, 0.3) is 17.0 Å². The zero-order valence-electron chi connectivity index (χ0n) is 17.5. The molecule has 1 aliphatic rings. The molecule has 0 spiro atoms. The van der Waals surface area contributed by atoms with Crippen LogP contribution in [-0.4, -0.2) is 23.5 Å². The SMILES string of the molecule is CCOC(=O)c1c(NC(=O)/C(C#N)=C/c2c[nH]c3ccccc23)sc2c1CC[C@@H](C)C2. The second-order valence-electron chi connectivity index (χ2n) is 7.69.